The van der Waals surface area contributed by atoms with E-state index >= 15 is 0 Å². The Morgan fingerprint density at radius 2 is 0.750 bits per heavy atom. The van der Waals surface area contributed by atoms with E-state index in [9.17, 15) is 9.59 Å². The summed E-state index contributed by atoms with van der Waals surface area (Å²) in [5.41, 5.74) is 1.77. The maximum absolute atomic E-state index is 13.2. The Kier molecular flexibility index (Phi) is 6.50. The smallest absolute Gasteiger partial charge is 0.318 e. The molecule has 5 aromatic rings. The summed E-state index contributed by atoms with van der Waals surface area (Å²) in [6, 6.07) is 34.2. The largest absolute Gasteiger partial charge is 0.425 e. The van der Waals surface area contributed by atoms with Crippen molar-refractivity contribution in [2.45, 2.75) is 25.7 Å². The highest BCUT2D eigenvalue weighted by Gasteiger charge is 2.24. The second-order valence-corrected chi connectivity index (χ2v) is 8.86. The zero-order chi connectivity index (χ0) is 25.1. The number of hydrogen-bond donors (Lipinski definition) is 0. The Morgan fingerprint density at radius 3 is 1.06 bits per heavy atom. The van der Waals surface area contributed by atoms with Crippen LogP contribution >= 0.6 is 0 Å². The van der Waals surface area contributed by atoms with Gasteiger partial charge in [-0.1, -0.05) is 109 Å². The molecule has 36 heavy (non-hydrogen) atoms. The molecular formula is C32H26O4. The molecule has 178 valence electrons. The minimum atomic E-state index is -0.437. The summed E-state index contributed by atoms with van der Waals surface area (Å²) in [6.45, 7) is 3.67. The first-order valence-electron chi connectivity index (χ1n) is 12.0. The van der Waals surface area contributed by atoms with E-state index in [1.54, 1.807) is 0 Å². The number of benzene rings is 5. The van der Waals surface area contributed by atoms with Crippen molar-refractivity contribution in [1.29, 1.82) is 0 Å². The van der Waals surface area contributed by atoms with E-state index in [4.69, 9.17) is 9.47 Å². The van der Waals surface area contributed by atoms with Crippen LogP contribution in [0.1, 0.15) is 36.8 Å². The summed E-state index contributed by atoms with van der Waals surface area (Å²) in [4.78, 5) is 26.4. The molecule has 2 atom stereocenters. The lowest BCUT2D eigenvalue weighted by Crippen LogP contribution is -2.18. The van der Waals surface area contributed by atoms with Crippen LogP contribution in [0.15, 0.2) is 109 Å². The van der Waals surface area contributed by atoms with Crippen molar-refractivity contribution in [3.05, 3.63) is 120 Å². The van der Waals surface area contributed by atoms with E-state index < -0.39 is 11.8 Å². The molecule has 0 radical (unpaired) electrons. The van der Waals surface area contributed by atoms with Gasteiger partial charge in [0.15, 0.2) is 0 Å². The van der Waals surface area contributed by atoms with Gasteiger partial charge >= 0.3 is 11.9 Å². The molecule has 4 heteroatoms. The van der Waals surface area contributed by atoms with Crippen LogP contribution < -0.4 is 9.47 Å². The molecule has 0 aliphatic heterocycles. The standard InChI is InChI=1S/C32H26O4/c1-21(23-13-5-3-6-14-23)31(33)35-29-25-17-9-11-19-27(25)30(28-20-12-10-18-26(28)29)36-32(34)22(2)24-15-7-4-8-16-24/h3-22H,1-2H3. The molecule has 0 amide bonds. The van der Waals surface area contributed by atoms with Crippen molar-refractivity contribution in [2.75, 3.05) is 0 Å². The van der Waals surface area contributed by atoms with E-state index in [0.717, 1.165) is 11.1 Å². The van der Waals surface area contributed by atoms with E-state index in [0.29, 0.717) is 33.0 Å². The maximum atomic E-state index is 13.2. The quantitative estimate of drug-likeness (QED) is 0.146. The van der Waals surface area contributed by atoms with Crippen LogP contribution in [0.3, 0.4) is 0 Å². The minimum absolute atomic E-state index is 0.348. The number of esters is 2. The Labute approximate surface area is 210 Å². The first kappa shape index (κ1) is 23.3. The second-order valence-electron chi connectivity index (χ2n) is 8.86. The number of rotatable bonds is 6. The Balaban J connectivity index is 1.58. The summed E-state index contributed by atoms with van der Waals surface area (Å²) in [5.74, 6) is -0.645. The van der Waals surface area contributed by atoms with Crippen LogP contribution in [0.25, 0.3) is 21.5 Å². The average molecular weight is 475 g/mol. The van der Waals surface area contributed by atoms with E-state index in [-0.39, 0.29) is 11.9 Å². The topological polar surface area (TPSA) is 52.6 Å². The van der Waals surface area contributed by atoms with E-state index in [1.807, 2.05) is 123 Å². The van der Waals surface area contributed by atoms with Crippen LogP contribution in [0.2, 0.25) is 0 Å². The van der Waals surface area contributed by atoms with E-state index in [1.165, 1.54) is 0 Å². The van der Waals surface area contributed by atoms with Crippen molar-refractivity contribution in [1.82, 2.24) is 0 Å². The van der Waals surface area contributed by atoms with Crippen molar-refractivity contribution in [2.24, 2.45) is 0 Å². The monoisotopic (exact) mass is 474 g/mol. The van der Waals surface area contributed by atoms with Gasteiger partial charge in [-0.15, -0.1) is 0 Å². The summed E-state index contributed by atoms with van der Waals surface area (Å²) in [6.07, 6.45) is 0. The Bertz CT molecular complexity index is 1370. The normalized spacial score (nSPS) is 12.7. The molecule has 0 bridgehead atoms. The van der Waals surface area contributed by atoms with Gasteiger partial charge in [-0.25, -0.2) is 0 Å². The van der Waals surface area contributed by atoms with Gasteiger partial charge in [-0.3, -0.25) is 9.59 Å². The lowest BCUT2D eigenvalue weighted by atomic mass is 9.99. The molecule has 0 aliphatic rings. The van der Waals surface area contributed by atoms with Gasteiger partial charge in [0.1, 0.15) is 11.5 Å². The predicted molar refractivity (Wildman–Crippen MR) is 142 cm³/mol. The molecular weight excluding hydrogens is 448 g/mol. The highest BCUT2D eigenvalue weighted by atomic mass is 16.5. The van der Waals surface area contributed by atoms with Crippen LogP contribution in [0, 0.1) is 0 Å². The summed E-state index contributed by atoms with van der Waals surface area (Å²) in [7, 11) is 0. The zero-order valence-electron chi connectivity index (χ0n) is 20.2. The van der Waals surface area contributed by atoms with Gasteiger partial charge in [-0.05, 0) is 25.0 Å². The fraction of sp³-hybridized carbons (Fsp3) is 0.125. The van der Waals surface area contributed by atoms with E-state index in [2.05, 4.69) is 0 Å². The van der Waals surface area contributed by atoms with Crippen molar-refractivity contribution in [3.63, 3.8) is 0 Å². The first-order chi connectivity index (χ1) is 17.5. The molecule has 0 spiro atoms. The van der Waals surface area contributed by atoms with Crippen LogP contribution in [0.5, 0.6) is 11.5 Å². The third kappa shape index (κ3) is 4.46. The highest BCUT2D eigenvalue weighted by Crippen LogP contribution is 2.43. The molecule has 0 aromatic heterocycles. The average Bonchev–Trinajstić information content (AvgIpc) is 2.94. The molecule has 0 N–H and O–H groups in total. The molecule has 5 rings (SSSR count). The molecule has 0 saturated carbocycles. The second kappa shape index (κ2) is 10.0. The molecule has 0 fully saturated rings. The summed E-state index contributed by atoms with van der Waals surface area (Å²) < 4.78 is 12.1. The third-order valence-corrected chi connectivity index (χ3v) is 6.54. The Hall–Kier alpha value is -4.44. The van der Waals surface area contributed by atoms with Crippen molar-refractivity contribution >= 4 is 33.5 Å². The SMILES string of the molecule is CC(C(=O)Oc1c2ccccc2c(OC(=O)C(C)c2ccccc2)c2ccccc12)c1ccccc1. The molecule has 0 saturated heterocycles. The minimum Gasteiger partial charge on any atom is -0.425 e. The third-order valence-electron chi connectivity index (χ3n) is 6.54. The number of ether oxygens (including phenoxy) is 2. The van der Waals surface area contributed by atoms with Gasteiger partial charge in [-0.2, -0.15) is 0 Å². The predicted octanol–water partition coefficient (Wildman–Crippen LogP) is 7.41. The van der Waals surface area contributed by atoms with Crippen molar-refractivity contribution < 1.29 is 19.1 Å². The van der Waals surface area contributed by atoms with Gasteiger partial charge in [0.2, 0.25) is 0 Å². The molecule has 0 heterocycles. The van der Waals surface area contributed by atoms with Crippen LogP contribution in [-0.2, 0) is 9.59 Å². The molecule has 4 nitrogen and oxygen atoms in total. The fourth-order valence-corrected chi connectivity index (χ4v) is 4.40. The van der Waals surface area contributed by atoms with Gasteiger partial charge in [0.25, 0.3) is 0 Å². The van der Waals surface area contributed by atoms with Gasteiger partial charge in [0.05, 0.1) is 11.8 Å². The number of fused-ring (bicyclic) bond motifs is 2. The number of carbonyl (C=O) groups excluding carboxylic acids is 2. The molecule has 0 aliphatic carbocycles. The summed E-state index contributed by atoms with van der Waals surface area (Å²) >= 11 is 0. The van der Waals surface area contributed by atoms with Crippen LogP contribution in [-0.4, -0.2) is 11.9 Å². The fourth-order valence-electron chi connectivity index (χ4n) is 4.40. The van der Waals surface area contributed by atoms with Crippen molar-refractivity contribution in [3.8, 4) is 11.5 Å². The Morgan fingerprint density at radius 1 is 0.472 bits per heavy atom. The van der Waals surface area contributed by atoms with Crippen LogP contribution in [0.4, 0.5) is 0 Å². The van der Waals surface area contributed by atoms with Gasteiger partial charge in [0, 0.05) is 21.5 Å². The zero-order valence-corrected chi connectivity index (χ0v) is 20.2. The number of hydrogen-bond acceptors (Lipinski definition) is 4. The van der Waals surface area contributed by atoms with Gasteiger partial charge < -0.3 is 9.47 Å². The maximum Gasteiger partial charge on any atom is 0.318 e. The first-order valence-corrected chi connectivity index (χ1v) is 12.0. The lowest BCUT2D eigenvalue weighted by Gasteiger charge is -2.19. The highest BCUT2D eigenvalue weighted by molar-refractivity contribution is 6.13. The molecule has 5 aromatic carbocycles. The summed E-state index contributed by atoms with van der Waals surface area (Å²) in [5, 5.41) is 2.83. The molecule has 2 unspecified atom stereocenters. The number of carbonyl (C=O) groups is 2. The lowest BCUT2D eigenvalue weighted by molar-refractivity contribution is -0.136.